The van der Waals surface area contributed by atoms with E-state index in [2.05, 4.69) is 15.2 Å². The SMILES string of the molecule is COc1cc(OC)c(CN2CCC3OCc4cnnn4C3C2)cc1Cl. The fourth-order valence-corrected chi connectivity index (χ4v) is 3.94. The van der Waals surface area contributed by atoms with E-state index in [4.69, 9.17) is 25.8 Å². The van der Waals surface area contributed by atoms with Crippen molar-refractivity contribution in [3.63, 3.8) is 0 Å². The maximum Gasteiger partial charge on any atom is 0.141 e. The van der Waals surface area contributed by atoms with Gasteiger partial charge in [-0.1, -0.05) is 16.8 Å². The third kappa shape index (κ3) is 3.07. The van der Waals surface area contributed by atoms with Crippen molar-refractivity contribution < 1.29 is 14.2 Å². The third-order valence-corrected chi connectivity index (χ3v) is 5.26. The quantitative estimate of drug-likeness (QED) is 0.829. The van der Waals surface area contributed by atoms with Crippen molar-refractivity contribution >= 4 is 11.6 Å². The molecule has 0 spiro atoms. The molecule has 2 atom stereocenters. The van der Waals surface area contributed by atoms with E-state index < -0.39 is 0 Å². The van der Waals surface area contributed by atoms with E-state index in [1.54, 1.807) is 20.4 Å². The Morgan fingerprint density at radius 2 is 2.12 bits per heavy atom. The Kier molecular flexibility index (Phi) is 4.54. The van der Waals surface area contributed by atoms with Gasteiger partial charge >= 0.3 is 0 Å². The maximum absolute atomic E-state index is 6.30. The number of ether oxygens (including phenoxy) is 3. The zero-order valence-corrected chi connectivity index (χ0v) is 15.1. The summed E-state index contributed by atoms with van der Waals surface area (Å²) in [4.78, 5) is 2.38. The molecule has 1 saturated heterocycles. The molecule has 3 heterocycles. The Labute approximate surface area is 151 Å². The number of aromatic nitrogens is 3. The Morgan fingerprint density at radius 3 is 2.92 bits per heavy atom. The van der Waals surface area contributed by atoms with E-state index in [1.165, 1.54) is 0 Å². The Morgan fingerprint density at radius 1 is 1.28 bits per heavy atom. The van der Waals surface area contributed by atoms with Crippen LogP contribution in [0.2, 0.25) is 5.02 Å². The highest BCUT2D eigenvalue weighted by molar-refractivity contribution is 6.32. The van der Waals surface area contributed by atoms with E-state index in [1.807, 2.05) is 16.8 Å². The van der Waals surface area contributed by atoms with Crippen LogP contribution in [0.1, 0.15) is 23.7 Å². The van der Waals surface area contributed by atoms with Crippen molar-refractivity contribution in [2.75, 3.05) is 27.3 Å². The van der Waals surface area contributed by atoms with Crippen LogP contribution in [0, 0.1) is 0 Å². The molecule has 8 heteroatoms. The van der Waals surface area contributed by atoms with E-state index in [9.17, 15) is 0 Å². The molecule has 1 aromatic carbocycles. The zero-order chi connectivity index (χ0) is 17.4. The van der Waals surface area contributed by atoms with E-state index in [0.29, 0.717) is 17.4 Å². The molecule has 25 heavy (non-hydrogen) atoms. The largest absolute Gasteiger partial charge is 0.496 e. The summed E-state index contributed by atoms with van der Waals surface area (Å²) in [6.07, 6.45) is 2.95. The normalized spacial score (nSPS) is 23.0. The van der Waals surface area contributed by atoms with Gasteiger partial charge in [-0.25, -0.2) is 4.68 Å². The summed E-state index contributed by atoms with van der Waals surface area (Å²) < 4.78 is 18.8. The van der Waals surface area contributed by atoms with Gasteiger partial charge in [0.2, 0.25) is 0 Å². The number of fused-ring (bicyclic) bond motifs is 3. The van der Waals surface area contributed by atoms with Crippen LogP contribution in [0.3, 0.4) is 0 Å². The number of halogens is 1. The van der Waals surface area contributed by atoms with Gasteiger partial charge in [0, 0.05) is 31.3 Å². The van der Waals surface area contributed by atoms with Gasteiger partial charge in [0.25, 0.3) is 0 Å². The molecule has 0 N–H and O–H groups in total. The number of likely N-dealkylation sites (tertiary alicyclic amines) is 1. The van der Waals surface area contributed by atoms with Gasteiger partial charge in [0.1, 0.15) is 11.5 Å². The average Bonchev–Trinajstić information content (AvgIpc) is 3.11. The molecular formula is C17H21ClN4O3. The van der Waals surface area contributed by atoms with Gasteiger partial charge in [-0.15, -0.1) is 5.10 Å². The molecule has 0 aliphatic carbocycles. The van der Waals surface area contributed by atoms with Gasteiger partial charge < -0.3 is 14.2 Å². The summed E-state index contributed by atoms with van der Waals surface area (Å²) in [5.74, 6) is 1.40. The van der Waals surface area contributed by atoms with Crippen LogP contribution in [-0.4, -0.2) is 53.3 Å². The lowest BCUT2D eigenvalue weighted by atomic mass is 9.99. The van der Waals surface area contributed by atoms with Crippen LogP contribution in [0.25, 0.3) is 0 Å². The molecule has 2 unspecified atom stereocenters. The summed E-state index contributed by atoms with van der Waals surface area (Å²) in [7, 11) is 3.26. The van der Waals surface area contributed by atoms with Crippen molar-refractivity contribution in [3.05, 3.63) is 34.6 Å². The molecule has 2 aliphatic rings. The Hall–Kier alpha value is -1.83. The summed E-state index contributed by atoms with van der Waals surface area (Å²) in [5.41, 5.74) is 2.08. The first kappa shape index (κ1) is 16.6. The lowest BCUT2D eigenvalue weighted by molar-refractivity contribution is -0.0670. The van der Waals surface area contributed by atoms with Crippen molar-refractivity contribution in [2.45, 2.75) is 31.7 Å². The molecule has 2 aromatic rings. The fraction of sp³-hybridized carbons (Fsp3) is 0.529. The summed E-state index contributed by atoms with van der Waals surface area (Å²) in [6, 6.07) is 3.95. The van der Waals surface area contributed by atoms with Gasteiger partial charge in [0.15, 0.2) is 0 Å². The van der Waals surface area contributed by atoms with Crippen LogP contribution in [0.5, 0.6) is 11.5 Å². The van der Waals surface area contributed by atoms with Crippen molar-refractivity contribution in [3.8, 4) is 11.5 Å². The standard InChI is InChI=1S/C17H21ClN4O3/c1-23-16-6-17(24-2)13(18)5-11(16)8-21-4-3-15-14(9-21)22-12(10-25-15)7-19-20-22/h5-7,14-15H,3-4,8-10H2,1-2H3. The van der Waals surface area contributed by atoms with Crippen molar-refractivity contribution in [2.24, 2.45) is 0 Å². The number of nitrogens with zero attached hydrogens (tertiary/aromatic N) is 4. The molecule has 0 saturated carbocycles. The summed E-state index contributed by atoms with van der Waals surface area (Å²) >= 11 is 6.30. The maximum atomic E-state index is 6.30. The summed E-state index contributed by atoms with van der Waals surface area (Å²) in [6.45, 7) is 3.15. The van der Waals surface area contributed by atoms with Crippen LogP contribution in [-0.2, 0) is 17.9 Å². The molecule has 0 radical (unpaired) electrons. The topological polar surface area (TPSA) is 61.6 Å². The number of piperidine rings is 1. The van der Waals surface area contributed by atoms with Gasteiger partial charge in [0.05, 0.1) is 49.9 Å². The fourth-order valence-electron chi connectivity index (χ4n) is 3.68. The number of methoxy groups -OCH3 is 2. The number of benzene rings is 1. The smallest absolute Gasteiger partial charge is 0.141 e. The van der Waals surface area contributed by atoms with Crippen LogP contribution >= 0.6 is 11.6 Å². The van der Waals surface area contributed by atoms with Crippen LogP contribution < -0.4 is 9.47 Å². The van der Waals surface area contributed by atoms with E-state index in [-0.39, 0.29) is 12.1 Å². The average molecular weight is 365 g/mol. The molecule has 0 amide bonds. The molecular weight excluding hydrogens is 344 g/mol. The number of rotatable bonds is 4. The van der Waals surface area contributed by atoms with Gasteiger partial charge in [-0.05, 0) is 12.5 Å². The van der Waals surface area contributed by atoms with Gasteiger partial charge in [-0.3, -0.25) is 4.90 Å². The highest BCUT2D eigenvalue weighted by Crippen LogP contribution is 2.35. The van der Waals surface area contributed by atoms with Crippen molar-refractivity contribution in [1.29, 1.82) is 0 Å². The van der Waals surface area contributed by atoms with E-state index >= 15 is 0 Å². The molecule has 7 nitrogen and oxygen atoms in total. The molecule has 0 bridgehead atoms. The second kappa shape index (κ2) is 6.82. The predicted octanol–water partition coefficient (Wildman–Crippen LogP) is 2.29. The Balaban J connectivity index is 1.54. The predicted molar refractivity (Wildman–Crippen MR) is 92.1 cm³/mol. The molecule has 134 valence electrons. The molecule has 1 aromatic heterocycles. The minimum atomic E-state index is 0.194. The molecule has 2 aliphatic heterocycles. The lowest BCUT2D eigenvalue weighted by Crippen LogP contribution is -2.47. The number of hydrogen-bond donors (Lipinski definition) is 0. The lowest BCUT2D eigenvalue weighted by Gasteiger charge is -2.41. The highest BCUT2D eigenvalue weighted by Gasteiger charge is 2.36. The summed E-state index contributed by atoms with van der Waals surface area (Å²) in [5, 5.41) is 8.87. The van der Waals surface area contributed by atoms with E-state index in [0.717, 1.165) is 43.1 Å². The highest BCUT2D eigenvalue weighted by atomic mass is 35.5. The first-order valence-corrected chi connectivity index (χ1v) is 8.71. The second-order valence-corrected chi connectivity index (χ2v) is 6.82. The zero-order valence-electron chi connectivity index (χ0n) is 14.3. The monoisotopic (exact) mass is 364 g/mol. The van der Waals surface area contributed by atoms with Crippen molar-refractivity contribution in [1.82, 2.24) is 19.9 Å². The third-order valence-electron chi connectivity index (χ3n) is 4.96. The first-order valence-electron chi connectivity index (χ1n) is 8.33. The minimum Gasteiger partial charge on any atom is -0.496 e. The number of hydrogen-bond acceptors (Lipinski definition) is 6. The molecule has 1 fully saturated rings. The minimum absolute atomic E-state index is 0.194. The Bertz CT molecular complexity index is 766. The first-order chi connectivity index (χ1) is 12.2. The van der Waals surface area contributed by atoms with Crippen LogP contribution in [0.4, 0.5) is 0 Å². The second-order valence-electron chi connectivity index (χ2n) is 6.41. The van der Waals surface area contributed by atoms with Crippen LogP contribution in [0.15, 0.2) is 18.3 Å². The molecule has 4 rings (SSSR count). The van der Waals surface area contributed by atoms with Gasteiger partial charge in [-0.2, -0.15) is 0 Å².